The number of rotatable bonds is 6. The number of carbonyl (C=O) groups is 1. The lowest BCUT2D eigenvalue weighted by Crippen LogP contribution is -2.46. The Hall–Kier alpha value is -1.81. The molecule has 3 aromatic rings. The SMILES string of the molecule is CC(=O)N(C[C@@H]1CN(Cc2ccc(Cl)c(Cl)c2)CCO1)Sc1nc2c(s1)CCc1ccc(N)cc1-2. The monoisotopic (exact) mass is 548 g/mol. The number of nitrogen functional groups attached to an aromatic ring is 1. The Labute approximate surface area is 223 Å². The molecule has 1 aliphatic heterocycles. The van der Waals surface area contributed by atoms with E-state index in [1.54, 1.807) is 22.6 Å². The van der Waals surface area contributed by atoms with Gasteiger partial charge in [-0.15, -0.1) is 11.3 Å². The fourth-order valence-electron chi connectivity index (χ4n) is 4.47. The first-order chi connectivity index (χ1) is 16.9. The van der Waals surface area contributed by atoms with Crippen LogP contribution in [0.5, 0.6) is 0 Å². The van der Waals surface area contributed by atoms with Gasteiger partial charge in [0.25, 0.3) is 0 Å². The van der Waals surface area contributed by atoms with Crippen LogP contribution in [0.25, 0.3) is 11.3 Å². The third-order valence-corrected chi connectivity index (χ3v) is 9.21. The number of aryl methyl sites for hydroxylation is 2. The number of fused-ring (bicyclic) bond motifs is 3. The number of halogens is 2. The first-order valence-corrected chi connectivity index (χ1v) is 13.8. The van der Waals surface area contributed by atoms with E-state index in [0.717, 1.165) is 59.3 Å². The van der Waals surface area contributed by atoms with Gasteiger partial charge in [-0.1, -0.05) is 35.3 Å². The van der Waals surface area contributed by atoms with Crippen LogP contribution in [0.2, 0.25) is 10.0 Å². The van der Waals surface area contributed by atoms with Crippen LogP contribution in [-0.4, -0.2) is 52.4 Å². The van der Waals surface area contributed by atoms with Gasteiger partial charge in [-0.25, -0.2) is 4.98 Å². The second-order valence-corrected chi connectivity index (χ2v) is 12.0. The Morgan fingerprint density at radius 1 is 1.26 bits per heavy atom. The molecule has 1 aliphatic carbocycles. The summed E-state index contributed by atoms with van der Waals surface area (Å²) >= 11 is 15.3. The number of nitrogens with zero attached hydrogens (tertiary/aromatic N) is 3. The molecule has 2 heterocycles. The molecule has 0 spiro atoms. The van der Waals surface area contributed by atoms with E-state index in [2.05, 4.69) is 11.0 Å². The number of hydrogen-bond acceptors (Lipinski definition) is 7. The van der Waals surface area contributed by atoms with Crippen molar-refractivity contribution in [1.29, 1.82) is 0 Å². The summed E-state index contributed by atoms with van der Waals surface area (Å²) in [6, 6.07) is 11.8. The van der Waals surface area contributed by atoms with Crippen molar-refractivity contribution in [3.8, 4) is 11.3 Å². The molecule has 1 amide bonds. The predicted molar refractivity (Wildman–Crippen MR) is 144 cm³/mol. The van der Waals surface area contributed by atoms with E-state index in [9.17, 15) is 4.79 Å². The van der Waals surface area contributed by atoms with Gasteiger partial charge in [0.05, 0.1) is 35.0 Å². The topological polar surface area (TPSA) is 71.7 Å². The molecular weight excluding hydrogens is 523 g/mol. The summed E-state index contributed by atoms with van der Waals surface area (Å²) in [7, 11) is 0. The van der Waals surface area contributed by atoms with Crippen LogP contribution in [0.3, 0.4) is 0 Å². The van der Waals surface area contributed by atoms with Crippen molar-refractivity contribution >= 4 is 58.1 Å². The highest BCUT2D eigenvalue weighted by Crippen LogP contribution is 2.40. The molecule has 10 heteroatoms. The Morgan fingerprint density at radius 2 is 2.11 bits per heavy atom. The Bertz CT molecular complexity index is 1250. The zero-order valence-electron chi connectivity index (χ0n) is 19.3. The zero-order valence-corrected chi connectivity index (χ0v) is 22.4. The van der Waals surface area contributed by atoms with Gasteiger partial charge in [0.1, 0.15) is 0 Å². The third-order valence-electron chi connectivity index (χ3n) is 6.21. The molecule has 1 fully saturated rings. The van der Waals surface area contributed by atoms with Crippen molar-refractivity contribution in [2.75, 3.05) is 32.0 Å². The van der Waals surface area contributed by atoms with Gasteiger partial charge in [0, 0.05) is 54.6 Å². The van der Waals surface area contributed by atoms with Crippen LogP contribution in [0.4, 0.5) is 5.69 Å². The maximum Gasteiger partial charge on any atom is 0.229 e. The van der Waals surface area contributed by atoms with E-state index in [0.29, 0.717) is 23.2 Å². The number of thiazole rings is 1. The molecule has 1 aromatic heterocycles. The summed E-state index contributed by atoms with van der Waals surface area (Å²) in [6.45, 7) is 5.01. The van der Waals surface area contributed by atoms with Crippen LogP contribution < -0.4 is 5.73 Å². The van der Waals surface area contributed by atoms with Crippen LogP contribution in [-0.2, 0) is 28.9 Å². The molecule has 2 aromatic carbocycles. The molecule has 2 aliphatic rings. The second-order valence-electron chi connectivity index (χ2n) is 8.82. The number of benzene rings is 2. The number of ether oxygens (including phenoxy) is 1. The first-order valence-electron chi connectivity index (χ1n) is 11.5. The second kappa shape index (κ2) is 10.7. The summed E-state index contributed by atoms with van der Waals surface area (Å²) in [5.41, 5.74) is 11.3. The number of hydrogen-bond donors (Lipinski definition) is 1. The van der Waals surface area contributed by atoms with Crippen molar-refractivity contribution in [1.82, 2.24) is 14.2 Å². The molecule has 0 radical (unpaired) electrons. The van der Waals surface area contributed by atoms with E-state index in [1.807, 2.05) is 30.3 Å². The molecule has 0 bridgehead atoms. The Kier molecular flexibility index (Phi) is 7.58. The highest BCUT2D eigenvalue weighted by atomic mass is 35.5. The van der Waals surface area contributed by atoms with E-state index in [1.165, 1.54) is 22.4 Å². The predicted octanol–water partition coefficient (Wildman–Crippen LogP) is 5.55. The van der Waals surface area contributed by atoms with Crippen molar-refractivity contribution in [2.24, 2.45) is 0 Å². The van der Waals surface area contributed by atoms with Crippen LogP contribution in [0, 0.1) is 0 Å². The first kappa shape index (κ1) is 24.9. The van der Waals surface area contributed by atoms with Crippen molar-refractivity contribution in [2.45, 2.75) is 36.8 Å². The van der Waals surface area contributed by atoms with Crippen molar-refractivity contribution in [3.05, 3.63) is 62.4 Å². The molecule has 35 heavy (non-hydrogen) atoms. The number of anilines is 1. The minimum Gasteiger partial charge on any atom is -0.399 e. The average molecular weight is 550 g/mol. The largest absolute Gasteiger partial charge is 0.399 e. The molecule has 0 saturated carbocycles. The lowest BCUT2D eigenvalue weighted by atomic mass is 9.93. The summed E-state index contributed by atoms with van der Waals surface area (Å²) in [6.07, 6.45) is 1.86. The highest BCUT2D eigenvalue weighted by molar-refractivity contribution is 7.99. The lowest BCUT2D eigenvalue weighted by Gasteiger charge is -2.35. The van der Waals surface area contributed by atoms with Crippen molar-refractivity contribution in [3.63, 3.8) is 0 Å². The Balaban J connectivity index is 1.25. The number of morpholine rings is 1. The average Bonchev–Trinajstić information content (AvgIpc) is 3.24. The van der Waals surface area contributed by atoms with Gasteiger partial charge in [-0.2, -0.15) is 0 Å². The smallest absolute Gasteiger partial charge is 0.229 e. The van der Waals surface area contributed by atoms with Gasteiger partial charge in [-0.05, 0) is 48.2 Å². The van der Waals surface area contributed by atoms with Gasteiger partial charge in [0.2, 0.25) is 5.91 Å². The maximum atomic E-state index is 12.5. The quantitative estimate of drug-likeness (QED) is 0.321. The molecule has 5 rings (SSSR count). The standard InChI is InChI=1S/C25H26Cl2N4O2S2/c1-15(32)31(14-19-13-30(8-9-33-19)12-16-2-6-21(26)22(27)10-16)35-25-29-24-20-11-18(28)5-3-17(20)4-7-23(24)34-25/h2-3,5-6,10-11,19H,4,7-9,12-14,28H2,1H3/t19-/m0/s1. The van der Waals surface area contributed by atoms with E-state index in [4.69, 9.17) is 38.7 Å². The molecule has 2 N–H and O–H groups in total. The number of carbonyl (C=O) groups excluding carboxylic acids is 1. The summed E-state index contributed by atoms with van der Waals surface area (Å²) in [5, 5.41) is 1.12. The summed E-state index contributed by atoms with van der Waals surface area (Å²) < 4.78 is 8.65. The fraction of sp³-hybridized carbons (Fsp3) is 0.360. The van der Waals surface area contributed by atoms with Gasteiger partial charge in [0.15, 0.2) is 4.34 Å². The minimum absolute atomic E-state index is 0.0157. The van der Waals surface area contributed by atoms with Crippen LogP contribution in [0.1, 0.15) is 22.9 Å². The zero-order chi connectivity index (χ0) is 24.5. The van der Waals surface area contributed by atoms with E-state index >= 15 is 0 Å². The van der Waals surface area contributed by atoms with E-state index in [-0.39, 0.29) is 12.0 Å². The lowest BCUT2D eigenvalue weighted by molar-refractivity contribution is -0.126. The number of amides is 1. The van der Waals surface area contributed by atoms with Gasteiger partial charge in [-0.3, -0.25) is 14.0 Å². The maximum absolute atomic E-state index is 12.5. The molecule has 1 saturated heterocycles. The summed E-state index contributed by atoms with van der Waals surface area (Å²) in [4.78, 5) is 21.0. The summed E-state index contributed by atoms with van der Waals surface area (Å²) in [5.74, 6) is -0.0157. The number of aromatic nitrogens is 1. The molecule has 1 atom stereocenters. The highest BCUT2D eigenvalue weighted by Gasteiger charge is 2.27. The number of nitrogens with two attached hydrogens (primary N) is 1. The van der Waals surface area contributed by atoms with Crippen LogP contribution >= 0.6 is 46.5 Å². The molecule has 6 nitrogen and oxygen atoms in total. The molecular formula is C25H26Cl2N4O2S2. The van der Waals surface area contributed by atoms with Crippen molar-refractivity contribution < 1.29 is 9.53 Å². The molecule has 0 unspecified atom stereocenters. The van der Waals surface area contributed by atoms with Gasteiger partial charge >= 0.3 is 0 Å². The van der Waals surface area contributed by atoms with Gasteiger partial charge < -0.3 is 10.5 Å². The van der Waals surface area contributed by atoms with E-state index < -0.39 is 0 Å². The molecule has 184 valence electrons. The normalized spacial score (nSPS) is 17.6. The third kappa shape index (κ3) is 5.79. The minimum atomic E-state index is -0.0852. The Morgan fingerprint density at radius 3 is 2.91 bits per heavy atom. The van der Waals surface area contributed by atoms with Crippen LogP contribution in [0.15, 0.2) is 40.7 Å². The fourth-order valence-corrected chi connectivity index (χ4v) is 7.01.